The predicted octanol–water partition coefficient (Wildman–Crippen LogP) is 1.49. The first-order chi connectivity index (χ1) is 6.29. The van der Waals surface area contributed by atoms with Gasteiger partial charge in [-0.05, 0) is 24.1 Å². The smallest absolute Gasteiger partial charge is 0.220 e. The lowest BCUT2D eigenvalue weighted by molar-refractivity contribution is 0.305. The number of methoxy groups -OCH3 is 1. The average Bonchev–Trinajstić information content (AvgIpc) is 2.18. The molecule has 1 aromatic rings. The molecule has 1 heterocycles. The molecule has 0 bridgehead atoms. The van der Waals surface area contributed by atoms with E-state index in [-0.39, 0.29) is 6.61 Å². The van der Waals surface area contributed by atoms with Crippen molar-refractivity contribution in [2.45, 2.75) is 6.42 Å². The lowest BCUT2D eigenvalue weighted by atomic mass is 10.1. The second-order valence-corrected chi connectivity index (χ2v) is 2.64. The van der Waals surface area contributed by atoms with E-state index in [0.717, 1.165) is 11.1 Å². The molecule has 13 heavy (non-hydrogen) atoms. The van der Waals surface area contributed by atoms with E-state index in [2.05, 4.69) is 11.6 Å². The van der Waals surface area contributed by atoms with Gasteiger partial charge in [0.05, 0.1) is 7.11 Å². The summed E-state index contributed by atoms with van der Waals surface area (Å²) in [5.74, 6) is 0.556. The van der Waals surface area contributed by atoms with Gasteiger partial charge in [0.15, 0.2) is 0 Å². The highest BCUT2D eigenvalue weighted by molar-refractivity contribution is 5.67. The third-order valence-electron chi connectivity index (χ3n) is 1.76. The van der Waals surface area contributed by atoms with Crippen molar-refractivity contribution < 1.29 is 9.84 Å². The molecule has 1 rings (SSSR count). The first-order valence-electron chi connectivity index (χ1n) is 4.07. The molecule has 0 amide bonds. The zero-order valence-corrected chi connectivity index (χ0v) is 7.66. The molecule has 0 saturated heterocycles. The number of aliphatic hydroxyl groups is 1. The molecule has 0 aliphatic heterocycles. The van der Waals surface area contributed by atoms with Crippen LogP contribution in [0.4, 0.5) is 0 Å². The maximum Gasteiger partial charge on any atom is 0.220 e. The Hall–Kier alpha value is -1.35. The lowest BCUT2D eigenvalue weighted by Crippen LogP contribution is -1.95. The number of rotatable bonds is 4. The van der Waals surface area contributed by atoms with Crippen molar-refractivity contribution in [3.8, 4) is 5.88 Å². The molecule has 0 fully saturated rings. The molecule has 0 aliphatic rings. The van der Waals surface area contributed by atoms with Crippen LogP contribution < -0.4 is 4.74 Å². The molecule has 0 atom stereocenters. The Labute approximate surface area is 77.7 Å². The summed E-state index contributed by atoms with van der Waals surface area (Å²) in [7, 11) is 1.57. The summed E-state index contributed by atoms with van der Waals surface area (Å²) in [6.07, 6.45) is 2.20. The molecule has 3 heteroatoms. The highest BCUT2D eigenvalue weighted by Gasteiger charge is 2.05. The Morgan fingerprint density at radius 3 is 3.08 bits per heavy atom. The van der Waals surface area contributed by atoms with E-state index < -0.39 is 0 Å². The summed E-state index contributed by atoms with van der Waals surface area (Å²) in [5.41, 5.74) is 1.70. The fourth-order valence-electron chi connectivity index (χ4n) is 1.09. The molecule has 3 nitrogen and oxygen atoms in total. The number of nitrogens with zero attached hydrogens (tertiary/aromatic N) is 1. The third-order valence-corrected chi connectivity index (χ3v) is 1.76. The quantitative estimate of drug-likeness (QED) is 0.761. The van der Waals surface area contributed by atoms with Crippen molar-refractivity contribution >= 4 is 5.57 Å². The summed E-state index contributed by atoms with van der Waals surface area (Å²) < 4.78 is 5.06. The molecular weight excluding hydrogens is 166 g/mol. The molecule has 0 radical (unpaired) electrons. The van der Waals surface area contributed by atoms with Gasteiger partial charge in [-0.15, -0.1) is 0 Å². The third kappa shape index (κ3) is 2.29. The fourth-order valence-corrected chi connectivity index (χ4v) is 1.09. The van der Waals surface area contributed by atoms with Crippen LogP contribution in [-0.4, -0.2) is 23.8 Å². The minimum atomic E-state index is 0.0941. The van der Waals surface area contributed by atoms with Gasteiger partial charge in [-0.2, -0.15) is 0 Å². The average molecular weight is 179 g/mol. The SMILES string of the molecule is C=C(CCO)c1cccnc1OC. The van der Waals surface area contributed by atoms with Gasteiger partial charge in [-0.25, -0.2) is 4.98 Å². The molecule has 0 spiro atoms. The Balaban J connectivity index is 2.92. The molecule has 0 unspecified atom stereocenters. The predicted molar refractivity (Wildman–Crippen MR) is 51.5 cm³/mol. The van der Waals surface area contributed by atoms with E-state index in [1.54, 1.807) is 13.3 Å². The van der Waals surface area contributed by atoms with Gasteiger partial charge in [0.2, 0.25) is 5.88 Å². The van der Waals surface area contributed by atoms with Crippen molar-refractivity contribution in [3.05, 3.63) is 30.5 Å². The summed E-state index contributed by atoms with van der Waals surface area (Å²) in [6, 6.07) is 3.70. The number of hydrogen-bond acceptors (Lipinski definition) is 3. The van der Waals surface area contributed by atoms with Gasteiger partial charge in [0.1, 0.15) is 0 Å². The minimum absolute atomic E-state index is 0.0941. The molecule has 1 aromatic heterocycles. The van der Waals surface area contributed by atoms with Crippen molar-refractivity contribution in [2.75, 3.05) is 13.7 Å². The molecular formula is C10H13NO2. The second kappa shape index (κ2) is 4.62. The van der Waals surface area contributed by atoms with Crippen LogP contribution in [0.15, 0.2) is 24.9 Å². The van der Waals surface area contributed by atoms with E-state index in [0.29, 0.717) is 12.3 Å². The van der Waals surface area contributed by atoms with E-state index >= 15 is 0 Å². The fraction of sp³-hybridized carbons (Fsp3) is 0.300. The van der Waals surface area contributed by atoms with E-state index in [9.17, 15) is 0 Å². The molecule has 0 aliphatic carbocycles. The number of pyridine rings is 1. The van der Waals surface area contributed by atoms with Gasteiger partial charge < -0.3 is 9.84 Å². The first kappa shape index (κ1) is 9.74. The summed E-state index contributed by atoms with van der Waals surface area (Å²) in [4.78, 5) is 4.04. The number of ether oxygens (including phenoxy) is 1. The largest absolute Gasteiger partial charge is 0.481 e. The highest BCUT2D eigenvalue weighted by Crippen LogP contribution is 2.23. The van der Waals surface area contributed by atoms with Crippen LogP contribution in [0, 0.1) is 0 Å². The normalized spacial score (nSPS) is 9.69. The maximum atomic E-state index is 8.74. The Kier molecular flexibility index (Phi) is 3.46. The van der Waals surface area contributed by atoms with Crippen LogP contribution in [0.5, 0.6) is 5.88 Å². The van der Waals surface area contributed by atoms with Gasteiger partial charge >= 0.3 is 0 Å². The molecule has 0 aromatic carbocycles. The van der Waals surface area contributed by atoms with Crippen molar-refractivity contribution in [1.29, 1.82) is 0 Å². The van der Waals surface area contributed by atoms with Crippen LogP contribution in [0.1, 0.15) is 12.0 Å². The van der Waals surface area contributed by atoms with Gasteiger partial charge in [0, 0.05) is 18.4 Å². The summed E-state index contributed by atoms with van der Waals surface area (Å²) in [6.45, 7) is 3.94. The standard InChI is InChI=1S/C10H13NO2/c1-8(5-7-12)9-4-3-6-11-10(9)13-2/h3-4,6,12H,1,5,7H2,2H3. The van der Waals surface area contributed by atoms with Crippen LogP contribution in [0.25, 0.3) is 5.57 Å². The van der Waals surface area contributed by atoms with Gasteiger partial charge in [-0.3, -0.25) is 0 Å². The Morgan fingerprint density at radius 1 is 1.69 bits per heavy atom. The van der Waals surface area contributed by atoms with E-state index in [1.165, 1.54) is 0 Å². The summed E-state index contributed by atoms with van der Waals surface area (Å²) in [5, 5.41) is 8.74. The molecule has 1 N–H and O–H groups in total. The second-order valence-electron chi connectivity index (χ2n) is 2.64. The first-order valence-corrected chi connectivity index (χ1v) is 4.07. The van der Waals surface area contributed by atoms with Crippen LogP contribution in [-0.2, 0) is 0 Å². The van der Waals surface area contributed by atoms with Gasteiger partial charge in [0.25, 0.3) is 0 Å². The topological polar surface area (TPSA) is 42.4 Å². The number of hydrogen-bond donors (Lipinski definition) is 1. The van der Waals surface area contributed by atoms with E-state index in [1.807, 2.05) is 12.1 Å². The molecule has 70 valence electrons. The Morgan fingerprint density at radius 2 is 2.46 bits per heavy atom. The lowest BCUT2D eigenvalue weighted by Gasteiger charge is -2.07. The van der Waals surface area contributed by atoms with Crippen LogP contribution >= 0.6 is 0 Å². The van der Waals surface area contributed by atoms with Crippen LogP contribution in [0.2, 0.25) is 0 Å². The van der Waals surface area contributed by atoms with Crippen molar-refractivity contribution in [3.63, 3.8) is 0 Å². The van der Waals surface area contributed by atoms with Crippen molar-refractivity contribution in [2.24, 2.45) is 0 Å². The Bertz CT molecular complexity index is 297. The summed E-state index contributed by atoms with van der Waals surface area (Å²) >= 11 is 0. The number of aliphatic hydroxyl groups excluding tert-OH is 1. The minimum Gasteiger partial charge on any atom is -0.481 e. The maximum absolute atomic E-state index is 8.74. The van der Waals surface area contributed by atoms with Gasteiger partial charge in [-0.1, -0.05) is 6.58 Å². The van der Waals surface area contributed by atoms with Crippen LogP contribution in [0.3, 0.4) is 0 Å². The van der Waals surface area contributed by atoms with E-state index in [4.69, 9.17) is 9.84 Å². The zero-order valence-electron chi connectivity index (χ0n) is 7.66. The molecule has 0 saturated carbocycles. The number of aromatic nitrogens is 1. The monoisotopic (exact) mass is 179 g/mol. The zero-order chi connectivity index (χ0) is 9.68. The highest BCUT2D eigenvalue weighted by atomic mass is 16.5. The van der Waals surface area contributed by atoms with Crippen molar-refractivity contribution in [1.82, 2.24) is 4.98 Å².